The van der Waals surface area contributed by atoms with Crippen LogP contribution in [-0.4, -0.2) is 39.1 Å². The summed E-state index contributed by atoms with van der Waals surface area (Å²) < 4.78 is 14.7. The van der Waals surface area contributed by atoms with E-state index in [1.807, 2.05) is 54.4 Å². The molecule has 166 valence electrons. The molecule has 8 nitrogen and oxygen atoms in total. The molecule has 4 rings (SSSR count). The van der Waals surface area contributed by atoms with Crippen molar-refractivity contribution < 1.29 is 14.3 Å². The molecular formula is C23H25N5O3S. The maximum Gasteiger partial charge on any atom is 0.244 e. The van der Waals surface area contributed by atoms with Crippen LogP contribution in [0.15, 0.2) is 42.9 Å². The van der Waals surface area contributed by atoms with E-state index in [-0.39, 0.29) is 5.91 Å². The number of carbonyl (C=O) groups excluding carboxylic acids is 1. The van der Waals surface area contributed by atoms with Crippen LogP contribution in [0.25, 0.3) is 11.0 Å². The zero-order valence-corrected chi connectivity index (χ0v) is 19.4. The second kappa shape index (κ2) is 8.88. The van der Waals surface area contributed by atoms with E-state index in [2.05, 4.69) is 15.3 Å². The molecule has 0 fully saturated rings. The molecule has 0 saturated heterocycles. The number of aryl methyl sites for hydroxylation is 3. The number of thiazole rings is 1. The molecule has 3 aromatic heterocycles. The van der Waals surface area contributed by atoms with Crippen LogP contribution in [0.3, 0.4) is 0 Å². The van der Waals surface area contributed by atoms with Crippen molar-refractivity contribution in [1.29, 1.82) is 0 Å². The Morgan fingerprint density at radius 3 is 2.53 bits per heavy atom. The summed E-state index contributed by atoms with van der Waals surface area (Å²) in [6.07, 6.45) is 8.88. The largest absolute Gasteiger partial charge is 0.497 e. The first-order chi connectivity index (χ1) is 15.4. The fourth-order valence-electron chi connectivity index (χ4n) is 3.58. The Morgan fingerprint density at radius 2 is 1.91 bits per heavy atom. The standard InChI is InChI=1S/C23H25N5O3S/c1-14-13-28-19(15(2)25-23(28)32-14)6-7-20(29)26-21(22-24-8-9-27(22)3)16-10-17(30-4)12-18(11-16)31-5/h6-13,21H,1-5H3,(H,26,29)/b7-6+. The van der Waals surface area contributed by atoms with Gasteiger partial charge in [0.25, 0.3) is 0 Å². The van der Waals surface area contributed by atoms with Crippen LogP contribution >= 0.6 is 11.3 Å². The molecule has 1 aromatic carbocycles. The van der Waals surface area contributed by atoms with Gasteiger partial charge in [-0.15, -0.1) is 11.3 Å². The molecule has 1 atom stereocenters. The van der Waals surface area contributed by atoms with Crippen molar-refractivity contribution in [2.45, 2.75) is 19.9 Å². The van der Waals surface area contributed by atoms with Gasteiger partial charge in [-0.3, -0.25) is 9.20 Å². The van der Waals surface area contributed by atoms with Crippen molar-refractivity contribution >= 4 is 28.3 Å². The summed E-state index contributed by atoms with van der Waals surface area (Å²) >= 11 is 1.62. The first-order valence-corrected chi connectivity index (χ1v) is 10.8. The van der Waals surface area contributed by atoms with E-state index in [9.17, 15) is 4.79 Å². The number of nitrogens with one attached hydrogen (secondary N) is 1. The number of rotatable bonds is 7. The molecule has 0 bridgehead atoms. The molecular weight excluding hydrogens is 426 g/mol. The molecule has 0 aliphatic heterocycles. The Bertz CT molecular complexity index is 1280. The second-order valence-electron chi connectivity index (χ2n) is 7.39. The van der Waals surface area contributed by atoms with Crippen LogP contribution in [-0.2, 0) is 11.8 Å². The molecule has 0 saturated carbocycles. The summed E-state index contributed by atoms with van der Waals surface area (Å²) in [5, 5.41) is 3.07. The third-order valence-corrected chi connectivity index (χ3v) is 6.06. The highest BCUT2D eigenvalue weighted by atomic mass is 32.1. The first-order valence-electron chi connectivity index (χ1n) is 10.0. The van der Waals surface area contributed by atoms with Crippen molar-refractivity contribution in [2.75, 3.05) is 14.2 Å². The number of aromatic nitrogens is 4. The van der Waals surface area contributed by atoms with Crippen LogP contribution in [0.1, 0.15) is 33.7 Å². The Labute approximate surface area is 190 Å². The van der Waals surface area contributed by atoms with Gasteiger partial charge in [-0.2, -0.15) is 0 Å². The molecule has 0 radical (unpaired) electrons. The number of fused-ring (bicyclic) bond motifs is 1. The van der Waals surface area contributed by atoms with Gasteiger partial charge in [0.1, 0.15) is 23.4 Å². The van der Waals surface area contributed by atoms with E-state index in [1.54, 1.807) is 43.9 Å². The monoisotopic (exact) mass is 451 g/mol. The van der Waals surface area contributed by atoms with Gasteiger partial charge in [-0.1, -0.05) is 0 Å². The van der Waals surface area contributed by atoms with Crippen molar-refractivity contribution in [3.8, 4) is 11.5 Å². The van der Waals surface area contributed by atoms with Gasteiger partial charge in [-0.05, 0) is 37.6 Å². The molecule has 0 aliphatic carbocycles. The average molecular weight is 452 g/mol. The maximum atomic E-state index is 13.0. The highest BCUT2D eigenvalue weighted by molar-refractivity contribution is 7.17. The number of benzene rings is 1. The lowest BCUT2D eigenvalue weighted by Crippen LogP contribution is -2.29. The van der Waals surface area contributed by atoms with Gasteiger partial charge in [0, 0.05) is 42.7 Å². The highest BCUT2D eigenvalue weighted by Gasteiger charge is 2.22. The molecule has 32 heavy (non-hydrogen) atoms. The number of nitrogens with zero attached hydrogens (tertiary/aromatic N) is 4. The van der Waals surface area contributed by atoms with Crippen LogP contribution in [0.2, 0.25) is 0 Å². The topological polar surface area (TPSA) is 82.7 Å². The minimum absolute atomic E-state index is 0.249. The fraction of sp³-hybridized carbons (Fsp3) is 0.261. The Kier molecular flexibility index (Phi) is 6.00. The summed E-state index contributed by atoms with van der Waals surface area (Å²) in [7, 11) is 5.08. The second-order valence-corrected chi connectivity index (χ2v) is 8.61. The maximum absolute atomic E-state index is 13.0. The van der Waals surface area contributed by atoms with Gasteiger partial charge >= 0.3 is 0 Å². The smallest absolute Gasteiger partial charge is 0.244 e. The number of carbonyl (C=O) groups is 1. The van der Waals surface area contributed by atoms with Crippen molar-refractivity contribution in [3.05, 3.63) is 70.5 Å². The fourth-order valence-corrected chi connectivity index (χ4v) is 4.45. The van der Waals surface area contributed by atoms with Gasteiger partial charge in [0.05, 0.1) is 25.6 Å². The normalized spacial score (nSPS) is 12.4. The zero-order chi connectivity index (χ0) is 22.8. The lowest BCUT2D eigenvalue weighted by Gasteiger charge is -2.20. The third-order valence-electron chi connectivity index (χ3n) is 5.17. The van der Waals surface area contributed by atoms with Crippen LogP contribution in [0, 0.1) is 13.8 Å². The minimum Gasteiger partial charge on any atom is -0.497 e. The van der Waals surface area contributed by atoms with Gasteiger partial charge in [0.2, 0.25) is 5.91 Å². The SMILES string of the molecule is COc1cc(OC)cc(C(NC(=O)/C=C/c2c(C)nc3sc(C)cn23)c2nccn2C)c1. The molecule has 0 aliphatic rings. The van der Waals surface area contributed by atoms with Crippen molar-refractivity contribution in [1.82, 2.24) is 24.3 Å². The van der Waals surface area contributed by atoms with E-state index in [0.29, 0.717) is 17.3 Å². The van der Waals surface area contributed by atoms with E-state index in [0.717, 1.165) is 26.8 Å². The van der Waals surface area contributed by atoms with Gasteiger partial charge in [-0.25, -0.2) is 9.97 Å². The molecule has 3 heterocycles. The summed E-state index contributed by atoms with van der Waals surface area (Å²) in [5.74, 6) is 1.71. The number of amides is 1. The Hall–Kier alpha value is -3.59. The number of ether oxygens (including phenoxy) is 2. The minimum atomic E-state index is -0.494. The number of hydrogen-bond donors (Lipinski definition) is 1. The zero-order valence-electron chi connectivity index (χ0n) is 18.6. The lowest BCUT2D eigenvalue weighted by atomic mass is 10.0. The third kappa shape index (κ3) is 4.24. The molecule has 1 amide bonds. The average Bonchev–Trinajstić information content (AvgIpc) is 3.43. The van der Waals surface area contributed by atoms with E-state index < -0.39 is 6.04 Å². The number of hydrogen-bond acceptors (Lipinski definition) is 6. The predicted octanol–water partition coefficient (Wildman–Crippen LogP) is 3.68. The molecule has 1 unspecified atom stereocenters. The number of imidazole rings is 2. The van der Waals surface area contributed by atoms with Crippen molar-refractivity contribution in [2.24, 2.45) is 7.05 Å². The van der Waals surface area contributed by atoms with Gasteiger partial charge in [0.15, 0.2) is 4.96 Å². The summed E-state index contributed by atoms with van der Waals surface area (Å²) in [5.41, 5.74) is 2.56. The van der Waals surface area contributed by atoms with E-state index in [4.69, 9.17) is 9.47 Å². The van der Waals surface area contributed by atoms with Crippen LogP contribution < -0.4 is 14.8 Å². The summed E-state index contributed by atoms with van der Waals surface area (Å²) in [6, 6.07) is 5.03. The predicted molar refractivity (Wildman–Crippen MR) is 124 cm³/mol. The van der Waals surface area contributed by atoms with Gasteiger partial charge < -0.3 is 19.4 Å². The summed E-state index contributed by atoms with van der Waals surface area (Å²) in [4.78, 5) is 24.1. The highest BCUT2D eigenvalue weighted by Crippen LogP contribution is 2.29. The molecule has 0 spiro atoms. The lowest BCUT2D eigenvalue weighted by molar-refractivity contribution is -0.117. The van der Waals surface area contributed by atoms with E-state index >= 15 is 0 Å². The first kappa shape index (κ1) is 21.6. The Morgan fingerprint density at radius 1 is 1.19 bits per heavy atom. The quantitative estimate of drug-likeness (QED) is 0.434. The van der Waals surface area contributed by atoms with Crippen LogP contribution in [0.4, 0.5) is 0 Å². The number of methoxy groups -OCH3 is 2. The van der Waals surface area contributed by atoms with Crippen molar-refractivity contribution in [3.63, 3.8) is 0 Å². The summed E-state index contributed by atoms with van der Waals surface area (Å²) in [6.45, 7) is 3.97. The molecule has 9 heteroatoms. The van der Waals surface area contributed by atoms with E-state index in [1.165, 1.54) is 6.08 Å². The Balaban J connectivity index is 1.66. The molecule has 4 aromatic rings. The van der Waals surface area contributed by atoms with Crippen LogP contribution in [0.5, 0.6) is 11.5 Å². The molecule has 1 N–H and O–H groups in total.